The Balaban J connectivity index is 0.000000381. The molecule has 0 aliphatic rings. The van der Waals surface area contributed by atoms with Gasteiger partial charge in [0.05, 0.1) is 6.07 Å². The van der Waals surface area contributed by atoms with Crippen molar-refractivity contribution in [2.24, 2.45) is 0 Å². The standard InChI is InChI=1S/C9H11N2.C2F2N3O2S.O2S/c10-6-2-5-9-11-7-3-1-4-8-11;3-1-5-2(7-6-1)10(4,8)9;1-3-2/h1,3-4,7-8H,2,5,9H2;;/q+1;-1;. The molecule has 0 unspecified atom stereocenters. The van der Waals surface area contributed by atoms with E-state index in [1.807, 2.05) is 30.6 Å². The van der Waals surface area contributed by atoms with Gasteiger partial charge < -0.3 is 15.2 Å². The van der Waals surface area contributed by atoms with Crippen molar-refractivity contribution in [2.75, 3.05) is 0 Å². The van der Waals surface area contributed by atoms with Crippen molar-refractivity contribution < 1.29 is 29.7 Å². The zero-order chi connectivity index (χ0) is 18.4. The van der Waals surface area contributed by atoms with Gasteiger partial charge in [-0.2, -0.15) is 26.5 Å². The van der Waals surface area contributed by atoms with Crippen LogP contribution < -0.4 is 9.55 Å². The summed E-state index contributed by atoms with van der Waals surface area (Å²) < 4.78 is 61.9. The molecule has 0 atom stereocenters. The molecule has 0 saturated carbocycles. The summed E-state index contributed by atoms with van der Waals surface area (Å²) in [7, 11) is -5.01. The summed E-state index contributed by atoms with van der Waals surface area (Å²) in [6.45, 7) is 0.939. The van der Waals surface area contributed by atoms with E-state index in [9.17, 15) is 16.7 Å². The van der Waals surface area contributed by atoms with E-state index in [1.165, 1.54) is 0 Å². The highest BCUT2D eigenvalue weighted by Gasteiger charge is 2.09. The highest BCUT2D eigenvalue weighted by Crippen LogP contribution is 2.02. The summed E-state index contributed by atoms with van der Waals surface area (Å²) in [6.07, 6.45) is 4.23. The Morgan fingerprint density at radius 3 is 2.21 bits per heavy atom. The number of aromatic nitrogens is 4. The molecule has 2 aromatic rings. The lowest BCUT2D eigenvalue weighted by atomic mass is 10.3. The number of unbranched alkanes of at least 4 members (excludes halogenated alkanes) is 1. The summed E-state index contributed by atoms with van der Waals surface area (Å²) in [5.41, 5.74) is 0. The van der Waals surface area contributed by atoms with E-state index < -0.39 is 33.0 Å². The van der Waals surface area contributed by atoms with Gasteiger partial charge in [0, 0.05) is 25.0 Å². The molecule has 24 heavy (non-hydrogen) atoms. The van der Waals surface area contributed by atoms with Crippen LogP contribution in [0.5, 0.6) is 0 Å². The number of rotatable bonds is 4. The van der Waals surface area contributed by atoms with E-state index in [0.29, 0.717) is 6.42 Å². The van der Waals surface area contributed by atoms with Crippen LogP contribution in [0.1, 0.15) is 12.8 Å². The first kappa shape index (κ1) is 21.4. The highest BCUT2D eigenvalue weighted by molar-refractivity contribution is 7.86. The third kappa shape index (κ3) is 10.2. The van der Waals surface area contributed by atoms with E-state index in [4.69, 9.17) is 13.7 Å². The van der Waals surface area contributed by atoms with Crippen molar-refractivity contribution in [3.63, 3.8) is 0 Å². The molecule has 0 radical (unpaired) electrons. The van der Waals surface area contributed by atoms with Crippen LogP contribution in [0.25, 0.3) is 0 Å². The van der Waals surface area contributed by atoms with Gasteiger partial charge in [-0.05, 0) is 0 Å². The first-order valence-corrected chi connectivity index (χ1v) is 8.10. The molecule has 0 aromatic carbocycles. The minimum absolute atomic E-state index is 0.641. The first-order valence-electron chi connectivity index (χ1n) is 6.05. The molecule has 9 nitrogen and oxygen atoms in total. The fourth-order valence-electron chi connectivity index (χ4n) is 1.24. The topological polar surface area (TPSA) is 136 Å². The third-order valence-corrected chi connectivity index (χ3v) is 2.72. The molecular formula is C11H11F2N5O4S2. The van der Waals surface area contributed by atoms with Crippen molar-refractivity contribution in [1.82, 2.24) is 15.2 Å². The molecular weight excluding hydrogens is 368 g/mol. The lowest BCUT2D eigenvalue weighted by Crippen LogP contribution is -2.31. The molecule has 130 valence electrons. The van der Waals surface area contributed by atoms with Gasteiger partial charge in [0.1, 0.15) is 11.7 Å². The van der Waals surface area contributed by atoms with Crippen molar-refractivity contribution >= 4 is 21.8 Å². The maximum atomic E-state index is 11.8. The van der Waals surface area contributed by atoms with Crippen LogP contribution >= 0.6 is 0 Å². The number of halogens is 2. The van der Waals surface area contributed by atoms with Crippen LogP contribution in [0.3, 0.4) is 0 Å². The summed E-state index contributed by atoms with van der Waals surface area (Å²) in [6, 6.07) is 8.10. The Labute approximate surface area is 139 Å². The van der Waals surface area contributed by atoms with Gasteiger partial charge in [-0.15, -0.1) is 0 Å². The van der Waals surface area contributed by atoms with Crippen LogP contribution in [0.15, 0.2) is 35.7 Å². The summed E-state index contributed by atoms with van der Waals surface area (Å²) in [5.74, 6) is 0. The molecule has 0 spiro atoms. The molecule has 2 heterocycles. The Hall–Kier alpha value is -2.59. The smallest absolute Gasteiger partial charge is 0.334 e. The van der Waals surface area contributed by atoms with Gasteiger partial charge in [0.25, 0.3) is 0 Å². The number of hydrogen-bond acceptors (Lipinski definition) is 7. The Morgan fingerprint density at radius 2 is 1.83 bits per heavy atom. The molecule has 0 bridgehead atoms. The molecule has 2 rings (SSSR count). The SMILES string of the molecule is N#CCCC[n+]1ccccc1.O=S(=O)(F)c1nnc(F)[n-]1.O=S=O. The second-order valence-corrected chi connectivity index (χ2v) is 5.12. The van der Waals surface area contributed by atoms with Gasteiger partial charge in [0.2, 0.25) is 0 Å². The van der Waals surface area contributed by atoms with Crippen LogP contribution in [0, 0.1) is 17.4 Å². The van der Waals surface area contributed by atoms with Gasteiger partial charge >= 0.3 is 21.8 Å². The van der Waals surface area contributed by atoms with E-state index in [0.717, 1.165) is 13.0 Å². The zero-order valence-electron chi connectivity index (χ0n) is 11.9. The molecule has 0 fully saturated rings. The molecule has 0 aliphatic heterocycles. The molecule has 0 amide bonds. The number of nitriles is 1. The number of pyridine rings is 1. The van der Waals surface area contributed by atoms with Crippen molar-refractivity contribution in [3.05, 3.63) is 36.7 Å². The third-order valence-electron chi connectivity index (χ3n) is 2.11. The summed E-state index contributed by atoms with van der Waals surface area (Å²) in [4.78, 5) is 2.53. The highest BCUT2D eigenvalue weighted by atomic mass is 32.3. The minimum Gasteiger partial charge on any atom is -0.334 e. The lowest BCUT2D eigenvalue weighted by molar-refractivity contribution is -0.697. The van der Waals surface area contributed by atoms with E-state index >= 15 is 0 Å². The quantitative estimate of drug-likeness (QED) is 0.406. The monoisotopic (exact) mass is 379 g/mol. The van der Waals surface area contributed by atoms with Crippen LogP contribution in [-0.2, 0) is 28.3 Å². The Morgan fingerprint density at radius 1 is 1.25 bits per heavy atom. The van der Waals surface area contributed by atoms with Crippen molar-refractivity contribution in [2.45, 2.75) is 24.5 Å². The predicted molar refractivity (Wildman–Crippen MR) is 74.0 cm³/mol. The predicted octanol–water partition coefficient (Wildman–Crippen LogP) is -0.161. The van der Waals surface area contributed by atoms with E-state index in [2.05, 4.69) is 25.8 Å². The van der Waals surface area contributed by atoms with Crippen molar-refractivity contribution in [1.29, 1.82) is 5.26 Å². The fourth-order valence-corrected chi connectivity index (χ4v) is 1.56. The summed E-state index contributed by atoms with van der Waals surface area (Å²) >= 11 is -0.750. The fraction of sp³-hybridized carbons (Fsp3) is 0.273. The average Bonchev–Trinajstić information content (AvgIpc) is 2.97. The first-order chi connectivity index (χ1) is 11.3. The van der Waals surface area contributed by atoms with Crippen LogP contribution in [-0.4, -0.2) is 27.0 Å². The molecule has 2 aromatic heterocycles. The Kier molecular flexibility index (Phi) is 10.6. The van der Waals surface area contributed by atoms with Gasteiger partial charge in [0.15, 0.2) is 18.5 Å². The van der Waals surface area contributed by atoms with E-state index in [-0.39, 0.29) is 0 Å². The zero-order valence-corrected chi connectivity index (χ0v) is 13.6. The largest absolute Gasteiger partial charge is 0.337 e. The number of hydrogen-bond donors (Lipinski definition) is 0. The molecule has 0 N–H and O–H groups in total. The number of nitrogens with zero attached hydrogens (tertiary/aromatic N) is 5. The average molecular weight is 379 g/mol. The minimum atomic E-state index is -5.01. The van der Waals surface area contributed by atoms with Gasteiger partial charge in [-0.25, -0.2) is 4.57 Å². The second-order valence-electron chi connectivity index (χ2n) is 3.74. The van der Waals surface area contributed by atoms with Gasteiger partial charge in [-0.1, -0.05) is 9.95 Å². The molecule has 13 heteroatoms. The van der Waals surface area contributed by atoms with Crippen LogP contribution in [0.2, 0.25) is 0 Å². The maximum Gasteiger partial charge on any atom is 0.337 e. The second kappa shape index (κ2) is 11.9. The summed E-state index contributed by atoms with van der Waals surface area (Å²) in [5, 5.41) is 12.2. The van der Waals surface area contributed by atoms with Gasteiger partial charge in [-0.3, -0.25) is 0 Å². The normalized spacial score (nSPS) is 9.54. The van der Waals surface area contributed by atoms with Crippen molar-refractivity contribution in [3.8, 4) is 6.07 Å². The van der Waals surface area contributed by atoms with E-state index in [1.54, 1.807) is 0 Å². The lowest BCUT2D eigenvalue weighted by Gasteiger charge is -1.90. The number of aryl methyl sites for hydroxylation is 1. The Bertz CT molecular complexity index is 786. The maximum absolute atomic E-state index is 11.8. The molecule has 0 aliphatic carbocycles. The molecule has 0 saturated heterocycles. The van der Waals surface area contributed by atoms with Crippen LogP contribution in [0.4, 0.5) is 8.28 Å².